The fourth-order valence-corrected chi connectivity index (χ4v) is 2.22. The van der Waals surface area contributed by atoms with Gasteiger partial charge in [0, 0.05) is 31.0 Å². The Kier molecular flexibility index (Phi) is 4.49. The smallest absolute Gasteiger partial charge is 0.225 e. The van der Waals surface area contributed by atoms with Gasteiger partial charge in [-0.15, -0.1) is 0 Å². The van der Waals surface area contributed by atoms with Gasteiger partial charge in [0.05, 0.1) is 18.8 Å². The molecule has 0 spiro atoms. The first-order valence-electron chi connectivity index (χ1n) is 6.58. The van der Waals surface area contributed by atoms with Crippen LogP contribution in [-0.4, -0.2) is 42.3 Å². The number of rotatable bonds is 4. The molecule has 1 aliphatic heterocycles. The van der Waals surface area contributed by atoms with Crippen molar-refractivity contribution >= 4 is 5.95 Å². The number of hydrogen-bond donors (Lipinski definition) is 1. The zero-order chi connectivity index (χ0) is 13.0. The lowest BCUT2D eigenvalue weighted by molar-refractivity contribution is 0.0292. The van der Waals surface area contributed by atoms with Crippen molar-refractivity contribution in [3.8, 4) is 0 Å². The zero-order valence-electron chi connectivity index (χ0n) is 11.4. The van der Waals surface area contributed by atoms with Crippen molar-refractivity contribution in [3.63, 3.8) is 0 Å². The molecule has 0 radical (unpaired) electrons. The van der Waals surface area contributed by atoms with E-state index in [-0.39, 0.29) is 6.10 Å². The van der Waals surface area contributed by atoms with Crippen LogP contribution in [-0.2, 0) is 11.3 Å². The Hall–Kier alpha value is -1.20. The van der Waals surface area contributed by atoms with Gasteiger partial charge in [-0.25, -0.2) is 9.97 Å². The molecular formula is C13H22N4O. The minimum atomic E-state index is 0.244. The molecule has 18 heavy (non-hydrogen) atoms. The standard InChI is InChI=1S/C13H22N4O/c1-4-12-9-18-10(2)8-17(12)13-15-6-11(5-14-3)7-16-13/h6-7,10,12,14H,4-5,8-9H2,1-3H3. The maximum absolute atomic E-state index is 5.69. The average molecular weight is 250 g/mol. The molecule has 0 aromatic carbocycles. The van der Waals surface area contributed by atoms with E-state index in [2.05, 4.69) is 34.0 Å². The highest BCUT2D eigenvalue weighted by molar-refractivity contribution is 5.33. The molecule has 2 unspecified atom stereocenters. The van der Waals surface area contributed by atoms with Crippen LogP contribution in [0.1, 0.15) is 25.8 Å². The Labute approximate surface area is 109 Å². The highest BCUT2D eigenvalue weighted by Gasteiger charge is 2.27. The SMILES string of the molecule is CCC1COC(C)CN1c1ncc(CNC)cn1. The molecule has 0 bridgehead atoms. The van der Waals surface area contributed by atoms with E-state index in [0.717, 1.165) is 37.6 Å². The lowest BCUT2D eigenvalue weighted by Gasteiger charge is -2.38. The molecule has 2 rings (SSSR count). The summed E-state index contributed by atoms with van der Waals surface area (Å²) in [5, 5.41) is 3.10. The molecule has 1 N–H and O–H groups in total. The number of nitrogens with zero attached hydrogens (tertiary/aromatic N) is 3. The summed E-state index contributed by atoms with van der Waals surface area (Å²) in [7, 11) is 1.92. The van der Waals surface area contributed by atoms with Gasteiger partial charge in [-0.2, -0.15) is 0 Å². The molecule has 100 valence electrons. The second-order valence-corrected chi connectivity index (χ2v) is 4.78. The Bertz CT molecular complexity index is 368. The molecule has 0 amide bonds. The highest BCUT2D eigenvalue weighted by Crippen LogP contribution is 2.19. The summed E-state index contributed by atoms with van der Waals surface area (Å²) in [5.74, 6) is 0.817. The predicted molar refractivity (Wildman–Crippen MR) is 71.6 cm³/mol. The quantitative estimate of drug-likeness (QED) is 0.870. The van der Waals surface area contributed by atoms with E-state index in [1.165, 1.54) is 0 Å². The second kappa shape index (κ2) is 6.11. The van der Waals surface area contributed by atoms with Crippen molar-refractivity contribution in [1.82, 2.24) is 15.3 Å². The fraction of sp³-hybridized carbons (Fsp3) is 0.692. The summed E-state index contributed by atoms with van der Waals surface area (Å²) >= 11 is 0. The molecule has 2 heterocycles. The largest absolute Gasteiger partial charge is 0.375 e. The summed E-state index contributed by atoms with van der Waals surface area (Å²) in [4.78, 5) is 11.2. The number of hydrogen-bond acceptors (Lipinski definition) is 5. The van der Waals surface area contributed by atoms with Gasteiger partial charge in [0.15, 0.2) is 0 Å². The van der Waals surface area contributed by atoms with E-state index in [1.54, 1.807) is 0 Å². The van der Waals surface area contributed by atoms with E-state index in [0.29, 0.717) is 6.04 Å². The Balaban J connectivity index is 2.12. The molecule has 1 aromatic rings. The van der Waals surface area contributed by atoms with Gasteiger partial charge in [-0.1, -0.05) is 6.92 Å². The van der Waals surface area contributed by atoms with E-state index in [4.69, 9.17) is 4.74 Å². The minimum absolute atomic E-state index is 0.244. The van der Waals surface area contributed by atoms with Crippen molar-refractivity contribution in [2.75, 3.05) is 25.1 Å². The van der Waals surface area contributed by atoms with E-state index >= 15 is 0 Å². The summed E-state index contributed by atoms with van der Waals surface area (Å²) in [5.41, 5.74) is 1.11. The van der Waals surface area contributed by atoms with Crippen LogP contribution in [0, 0.1) is 0 Å². The van der Waals surface area contributed by atoms with Crippen molar-refractivity contribution in [2.24, 2.45) is 0 Å². The van der Waals surface area contributed by atoms with Crippen LogP contribution >= 0.6 is 0 Å². The van der Waals surface area contributed by atoms with Gasteiger partial charge < -0.3 is 15.0 Å². The monoisotopic (exact) mass is 250 g/mol. The van der Waals surface area contributed by atoms with Crippen molar-refractivity contribution in [2.45, 2.75) is 39.0 Å². The Morgan fingerprint density at radius 1 is 1.44 bits per heavy atom. The molecule has 5 heteroatoms. The van der Waals surface area contributed by atoms with Crippen LogP contribution in [0.5, 0.6) is 0 Å². The molecule has 1 saturated heterocycles. The molecule has 1 fully saturated rings. The summed E-state index contributed by atoms with van der Waals surface area (Å²) in [6.07, 6.45) is 5.08. The molecule has 2 atom stereocenters. The van der Waals surface area contributed by atoms with Crippen LogP contribution in [0.3, 0.4) is 0 Å². The second-order valence-electron chi connectivity index (χ2n) is 4.78. The Morgan fingerprint density at radius 3 is 2.78 bits per heavy atom. The topological polar surface area (TPSA) is 50.3 Å². The number of ether oxygens (including phenoxy) is 1. The van der Waals surface area contributed by atoms with Gasteiger partial charge in [-0.05, 0) is 20.4 Å². The van der Waals surface area contributed by atoms with Crippen LogP contribution in [0.25, 0.3) is 0 Å². The zero-order valence-corrected chi connectivity index (χ0v) is 11.4. The molecule has 1 aliphatic rings. The molecule has 1 aromatic heterocycles. The van der Waals surface area contributed by atoms with Crippen LogP contribution < -0.4 is 10.2 Å². The number of aromatic nitrogens is 2. The number of anilines is 1. The third-order valence-electron chi connectivity index (χ3n) is 3.27. The minimum Gasteiger partial charge on any atom is -0.375 e. The normalized spacial score (nSPS) is 24.3. The lowest BCUT2D eigenvalue weighted by Crippen LogP contribution is -2.49. The first kappa shape index (κ1) is 13.2. The van der Waals surface area contributed by atoms with E-state index in [1.807, 2.05) is 19.4 Å². The average Bonchev–Trinajstić information content (AvgIpc) is 2.40. The molecule has 0 saturated carbocycles. The van der Waals surface area contributed by atoms with E-state index < -0.39 is 0 Å². The maximum atomic E-state index is 5.69. The number of nitrogens with one attached hydrogen (secondary N) is 1. The first-order valence-corrected chi connectivity index (χ1v) is 6.58. The van der Waals surface area contributed by atoms with Crippen LogP contribution in [0.15, 0.2) is 12.4 Å². The van der Waals surface area contributed by atoms with Crippen molar-refractivity contribution < 1.29 is 4.74 Å². The Morgan fingerprint density at radius 2 is 2.17 bits per heavy atom. The number of morpholine rings is 1. The molecule has 0 aliphatic carbocycles. The maximum Gasteiger partial charge on any atom is 0.225 e. The third kappa shape index (κ3) is 2.97. The van der Waals surface area contributed by atoms with Gasteiger partial charge >= 0.3 is 0 Å². The van der Waals surface area contributed by atoms with Gasteiger partial charge in [0.2, 0.25) is 5.95 Å². The lowest BCUT2D eigenvalue weighted by atomic mass is 10.1. The van der Waals surface area contributed by atoms with Crippen molar-refractivity contribution in [3.05, 3.63) is 18.0 Å². The summed E-state index contributed by atoms with van der Waals surface area (Å²) in [6, 6.07) is 0.386. The van der Waals surface area contributed by atoms with Gasteiger partial charge in [0.25, 0.3) is 0 Å². The highest BCUT2D eigenvalue weighted by atomic mass is 16.5. The van der Waals surface area contributed by atoms with Gasteiger partial charge in [0.1, 0.15) is 0 Å². The molecule has 5 nitrogen and oxygen atoms in total. The molecular weight excluding hydrogens is 228 g/mol. The predicted octanol–water partition coefficient (Wildman–Crippen LogP) is 1.20. The van der Waals surface area contributed by atoms with Crippen LogP contribution in [0.2, 0.25) is 0 Å². The third-order valence-corrected chi connectivity index (χ3v) is 3.27. The summed E-state index contributed by atoms with van der Waals surface area (Å²) in [6.45, 7) is 6.70. The van der Waals surface area contributed by atoms with Crippen molar-refractivity contribution in [1.29, 1.82) is 0 Å². The van der Waals surface area contributed by atoms with E-state index in [9.17, 15) is 0 Å². The first-order chi connectivity index (χ1) is 8.74. The summed E-state index contributed by atoms with van der Waals surface area (Å²) < 4.78 is 5.69. The van der Waals surface area contributed by atoms with Gasteiger partial charge in [-0.3, -0.25) is 0 Å². The fourth-order valence-electron chi connectivity index (χ4n) is 2.22. The van der Waals surface area contributed by atoms with Crippen LogP contribution in [0.4, 0.5) is 5.95 Å².